The lowest BCUT2D eigenvalue weighted by molar-refractivity contribution is -0.155. The van der Waals surface area contributed by atoms with Gasteiger partial charge in [-0.25, -0.2) is 4.79 Å². The lowest BCUT2D eigenvalue weighted by atomic mass is 9.87. The molecule has 0 saturated heterocycles. The first-order chi connectivity index (χ1) is 12.4. The molecule has 0 radical (unpaired) electrons. The van der Waals surface area contributed by atoms with Crippen LogP contribution in [-0.2, 0) is 19.7 Å². The Labute approximate surface area is 161 Å². The molecule has 0 saturated carbocycles. The number of benzene rings is 1. The molecule has 6 heteroatoms. The number of amides is 1. The number of nitrogens with zero attached hydrogens (tertiary/aromatic N) is 1. The van der Waals surface area contributed by atoms with Crippen LogP contribution in [0.3, 0.4) is 0 Å². The van der Waals surface area contributed by atoms with Crippen molar-refractivity contribution in [3.05, 3.63) is 29.8 Å². The normalized spacial score (nSPS) is 14.6. The molecule has 1 aromatic rings. The van der Waals surface area contributed by atoms with E-state index in [1.807, 2.05) is 26.0 Å². The third kappa shape index (κ3) is 6.59. The molecular weight excluding hydrogens is 344 g/mol. The molecule has 0 aliphatic rings. The predicted octanol–water partition coefficient (Wildman–Crippen LogP) is 3.35. The first-order valence-corrected chi connectivity index (χ1v) is 9.05. The maximum absolute atomic E-state index is 12.1. The van der Waals surface area contributed by atoms with Gasteiger partial charge in [0, 0.05) is 0 Å². The van der Waals surface area contributed by atoms with Crippen molar-refractivity contribution in [1.29, 1.82) is 5.26 Å². The van der Waals surface area contributed by atoms with Gasteiger partial charge in [-0.1, -0.05) is 46.8 Å². The fraction of sp³-hybridized carbons (Fsp3) is 0.571. The van der Waals surface area contributed by atoms with Crippen LogP contribution in [0.15, 0.2) is 24.3 Å². The lowest BCUT2D eigenvalue weighted by Gasteiger charge is -2.27. The van der Waals surface area contributed by atoms with E-state index >= 15 is 0 Å². The SMILES string of the molecule is CC(C)[C@](C)(C#N)NC(=O)COC(=O)[C@H](C)Oc1ccc(C(C)(C)C)cc1. The van der Waals surface area contributed by atoms with Crippen molar-refractivity contribution >= 4 is 11.9 Å². The Morgan fingerprint density at radius 3 is 2.11 bits per heavy atom. The molecule has 0 spiro atoms. The quantitative estimate of drug-likeness (QED) is 0.740. The second-order valence-electron chi connectivity index (χ2n) is 8.16. The summed E-state index contributed by atoms with van der Waals surface area (Å²) in [5.74, 6) is -0.703. The lowest BCUT2D eigenvalue weighted by Crippen LogP contribution is -2.50. The maximum atomic E-state index is 12.1. The van der Waals surface area contributed by atoms with Crippen molar-refractivity contribution < 1.29 is 19.1 Å². The van der Waals surface area contributed by atoms with E-state index in [-0.39, 0.29) is 11.3 Å². The Bertz CT molecular complexity index is 698. The summed E-state index contributed by atoms with van der Waals surface area (Å²) in [6.07, 6.45) is -0.856. The Morgan fingerprint density at radius 1 is 1.11 bits per heavy atom. The van der Waals surface area contributed by atoms with Gasteiger partial charge in [0.15, 0.2) is 12.7 Å². The molecular formula is C21H30N2O4. The number of nitriles is 1. The summed E-state index contributed by atoms with van der Waals surface area (Å²) in [6.45, 7) is 12.7. The Hall–Kier alpha value is -2.55. The second-order valence-corrected chi connectivity index (χ2v) is 8.16. The summed E-state index contributed by atoms with van der Waals surface area (Å²) >= 11 is 0. The van der Waals surface area contributed by atoms with Gasteiger partial charge < -0.3 is 14.8 Å². The molecule has 6 nitrogen and oxygen atoms in total. The molecule has 148 valence electrons. The van der Waals surface area contributed by atoms with Crippen molar-refractivity contribution in [2.24, 2.45) is 5.92 Å². The van der Waals surface area contributed by atoms with Crippen LogP contribution in [0.2, 0.25) is 0 Å². The van der Waals surface area contributed by atoms with Gasteiger partial charge in [0.05, 0.1) is 6.07 Å². The van der Waals surface area contributed by atoms with Crippen molar-refractivity contribution in [3.63, 3.8) is 0 Å². The number of carbonyl (C=O) groups is 2. The summed E-state index contributed by atoms with van der Waals surface area (Å²) in [5, 5.41) is 11.8. The Morgan fingerprint density at radius 2 is 1.67 bits per heavy atom. The minimum absolute atomic E-state index is 0.0321. The van der Waals surface area contributed by atoms with Crippen LogP contribution in [0.1, 0.15) is 54.0 Å². The molecule has 0 aromatic heterocycles. The van der Waals surface area contributed by atoms with Crippen LogP contribution >= 0.6 is 0 Å². The van der Waals surface area contributed by atoms with E-state index in [0.29, 0.717) is 5.75 Å². The average Bonchev–Trinajstić information content (AvgIpc) is 2.58. The molecule has 1 aromatic carbocycles. The zero-order valence-corrected chi connectivity index (χ0v) is 17.3. The van der Waals surface area contributed by atoms with Gasteiger partial charge in [0.2, 0.25) is 0 Å². The molecule has 0 unspecified atom stereocenters. The molecule has 27 heavy (non-hydrogen) atoms. The van der Waals surface area contributed by atoms with Gasteiger partial charge in [-0.2, -0.15) is 5.26 Å². The minimum atomic E-state index is -1.01. The van der Waals surface area contributed by atoms with Gasteiger partial charge in [-0.05, 0) is 42.9 Å². The van der Waals surface area contributed by atoms with Crippen LogP contribution in [-0.4, -0.2) is 30.1 Å². The smallest absolute Gasteiger partial charge is 0.347 e. The van der Waals surface area contributed by atoms with E-state index in [9.17, 15) is 14.9 Å². The zero-order chi connectivity index (χ0) is 20.8. The van der Waals surface area contributed by atoms with E-state index in [1.165, 1.54) is 0 Å². The highest BCUT2D eigenvalue weighted by molar-refractivity contribution is 5.82. The fourth-order valence-electron chi connectivity index (χ4n) is 2.17. The topological polar surface area (TPSA) is 88.4 Å². The number of ether oxygens (including phenoxy) is 2. The zero-order valence-electron chi connectivity index (χ0n) is 17.3. The maximum Gasteiger partial charge on any atom is 0.347 e. The second kappa shape index (κ2) is 8.90. The van der Waals surface area contributed by atoms with E-state index in [4.69, 9.17) is 9.47 Å². The van der Waals surface area contributed by atoms with Gasteiger partial charge in [-0.15, -0.1) is 0 Å². The third-order valence-corrected chi connectivity index (χ3v) is 4.50. The number of hydrogen-bond acceptors (Lipinski definition) is 5. The molecule has 0 heterocycles. The molecule has 1 amide bonds. The highest BCUT2D eigenvalue weighted by atomic mass is 16.6. The fourth-order valence-corrected chi connectivity index (χ4v) is 2.17. The number of carbonyl (C=O) groups excluding carboxylic acids is 2. The van der Waals surface area contributed by atoms with Crippen LogP contribution in [0.5, 0.6) is 5.75 Å². The van der Waals surface area contributed by atoms with Crippen molar-refractivity contribution in [1.82, 2.24) is 5.32 Å². The summed E-state index contributed by atoms with van der Waals surface area (Å²) in [5.41, 5.74) is 0.178. The average molecular weight is 374 g/mol. The van der Waals surface area contributed by atoms with Crippen LogP contribution in [0, 0.1) is 17.2 Å². The number of hydrogen-bond donors (Lipinski definition) is 1. The van der Waals surface area contributed by atoms with E-state index in [0.717, 1.165) is 5.56 Å². The highest BCUT2D eigenvalue weighted by Crippen LogP contribution is 2.24. The number of rotatable bonds is 7. The molecule has 0 aliphatic carbocycles. The van der Waals surface area contributed by atoms with Crippen molar-refractivity contribution in [2.45, 2.75) is 65.5 Å². The summed E-state index contributed by atoms with van der Waals surface area (Å²) < 4.78 is 10.6. The standard InChI is InChI=1S/C21H30N2O4/c1-14(2)21(7,13-22)23-18(24)12-26-19(25)15(3)27-17-10-8-16(9-11-17)20(4,5)6/h8-11,14-15H,12H2,1-7H3,(H,23,24)/t15-,21-/m0/s1. The first kappa shape index (κ1) is 22.5. The van der Waals surface area contributed by atoms with Gasteiger partial charge in [-0.3, -0.25) is 4.79 Å². The highest BCUT2D eigenvalue weighted by Gasteiger charge is 2.30. The third-order valence-electron chi connectivity index (χ3n) is 4.50. The van der Waals surface area contributed by atoms with Gasteiger partial charge in [0.25, 0.3) is 5.91 Å². The summed E-state index contributed by atoms with van der Waals surface area (Å²) in [7, 11) is 0. The molecule has 1 N–H and O–H groups in total. The molecule has 0 aliphatic heterocycles. The summed E-state index contributed by atoms with van der Waals surface area (Å²) in [4.78, 5) is 24.0. The first-order valence-electron chi connectivity index (χ1n) is 9.05. The largest absolute Gasteiger partial charge is 0.479 e. The van der Waals surface area contributed by atoms with Crippen LogP contribution in [0.4, 0.5) is 0 Å². The van der Waals surface area contributed by atoms with Crippen molar-refractivity contribution in [2.75, 3.05) is 6.61 Å². The van der Waals surface area contributed by atoms with Crippen molar-refractivity contribution in [3.8, 4) is 11.8 Å². The van der Waals surface area contributed by atoms with E-state index in [1.54, 1.807) is 26.0 Å². The van der Waals surface area contributed by atoms with E-state index in [2.05, 4.69) is 32.2 Å². The summed E-state index contributed by atoms with van der Waals surface area (Å²) in [6, 6.07) is 9.58. The van der Waals surface area contributed by atoms with E-state index < -0.39 is 30.1 Å². The van der Waals surface area contributed by atoms with Crippen LogP contribution < -0.4 is 10.1 Å². The monoisotopic (exact) mass is 374 g/mol. The van der Waals surface area contributed by atoms with Crippen LogP contribution in [0.25, 0.3) is 0 Å². The molecule has 0 fully saturated rings. The van der Waals surface area contributed by atoms with Gasteiger partial charge >= 0.3 is 5.97 Å². The Kier molecular flexibility index (Phi) is 7.41. The predicted molar refractivity (Wildman–Crippen MR) is 103 cm³/mol. The minimum Gasteiger partial charge on any atom is -0.479 e. The number of nitrogens with one attached hydrogen (secondary N) is 1. The number of esters is 1. The molecule has 1 rings (SSSR count). The Balaban J connectivity index is 2.55. The van der Waals surface area contributed by atoms with Gasteiger partial charge in [0.1, 0.15) is 11.3 Å². The molecule has 0 bridgehead atoms. The molecule has 2 atom stereocenters.